The molecule has 0 radical (unpaired) electrons. The maximum absolute atomic E-state index is 13.4. The van der Waals surface area contributed by atoms with Crippen LogP contribution in [0.4, 0.5) is 10.1 Å². The number of aryl methyl sites for hydroxylation is 1. The smallest absolute Gasteiger partial charge is 0.232 e. The van der Waals surface area contributed by atoms with E-state index >= 15 is 0 Å². The van der Waals surface area contributed by atoms with Crippen LogP contribution in [0.5, 0.6) is 0 Å². The number of amides is 1. The van der Waals surface area contributed by atoms with Crippen LogP contribution in [0.25, 0.3) is 11.0 Å². The first-order chi connectivity index (χ1) is 10.6. The minimum absolute atomic E-state index is 0.0211. The molecule has 1 aliphatic heterocycles. The maximum atomic E-state index is 13.4. The number of anilines is 1. The lowest BCUT2D eigenvalue weighted by Gasteiger charge is -2.07. The Hall–Kier alpha value is -2.62. The van der Waals surface area contributed by atoms with Crippen molar-refractivity contribution in [1.82, 2.24) is 0 Å². The van der Waals surface area contributed by atoms with Crippen molar-refractivity contribution in [3.05, 3.63) is 65.2 Å². The third-order valence-electron chi connectivity index (χ3n) is 4.30. The van der Waals surface area contributed by atoms with Gasteiger partial charge >= 0.3 is 0 Å². The number of rotatable bonds is 2. The lowest BCUT2D eigenvalue weighted by molar-refractivity contribution is -0.117. The minimum Gasteiger partial charge on any atom is -0.461 e. The number of hydrogen-bond donors (Lipinski definition) is 1. The third-order valence-corrected chi connectivity index (χ3v) is 4.30. The fourth-order valence-corrected chi connectivity index (χ4v) is 3.10. The fraction of sp³-hybridized carbons (Fsp3) is 0.167. The van der Waals surface area contributed by atoms with Gasteiger partial charge in [-0.15, -0.1) is 0 Å². The highest BCUT2D eigenvalue weighted by atomic mass is 19.1. The molecular weight excluding hydrogens is 281 g/mol. The number of nitrogens with one attached hydrogen (secondary N) is 1. The first-order valence-electron chi connectivity index (χ1n) is 7.21. The zero-order valence-electron chi connectivity index (χ0n) is 12.0. The van der Waals surface area contributed by atoms with Crippen LogP contribution in [0.3, 0.4) is 0 Å². The molecule has 1 N–H and O–H groups in total. The van der Waals surface area contributed by atoms with Crippen molar-refractivity contribution in [3.8, 4) is 0 Å². The zero-order valence-corrected chi connectivity index (χ0v) is 12.0. The normalized spacial score (nSPS) is 16.8. The summed E-state index contributed by atoms with van der Waals surface area (Å²) < 4.78 is 19.2. The Labute approximate surface area is 126 Å². The minimum atomic E-state index is -0.285. The van der Waals surface area contributed by atoms with Crippen molar-refractivity contribution in [2.24, 2.45) is 0 Å². The summed E-state index contributed by atoms with van der Waals surface area (Å²) in [5, 5.41) is 3.65. The quantitative estimate of drug-likeness (QED) is 0.771. The van der Waals surface area contributed by atoms with Crippen molar-refractivity contribution in [1.29, 1.82) is 0 Å². The molecule has 1 atom stereocenters. The molecule has 1 amide bonds. The van der Waals surface area contributed by atoms with Gasteiger partial charge in [0.05, 0.1) is 5.92 Å². The summed E-state index contributed by atoms with van der Waals surface area (Å²) in [5.41, 5.74) is 3.39. The van der Waals surface area contributed by atoms with Crippen LogP contribution in [0.2, 0.25) is 0 Å². The Bertz CT molecular complexity index is 897. The molecule has 110 valence electrons. The number of para-hydroxylation sites is 1. The van der Waals surface area contributed by atoms with Gasteiger partial charge in [-0.05, 0) is 42.3 Å². The molecule has 0 spiro atoms. The van der Waals surface area contributed by atoms with Crippen LogP contribution in [-0.2, 0) is 11.2 Å². The van der Waals surface area contributed by atoms with E-state index in [0.29, 0.717) is 12.0 Å². The maximum Gasteiger partial charge on any atom is 0.232 e. The lowest BCUT2D eigenvalue weighted by atomic mass is 9.94. The van der Waals surface area contributed by atoms with E-state index in [0.717, 1.165) is 28.0 Å². The molecule has 0 aliphatic carbocycles. The highest BCUT2D eigenvalue weighted by molar-refractivity contribution is 6.03. The SMILES string of the molecule is Cc1c(C[C@H]2C(=O)Nc3ccccc32)oc2ccc(F)cc12. The topological polar surface area (TPSA) is 42.2 Å². The van der Waals surface area contributed by atoms with Gasteiger partial charge in [-0.2, -0.15) is 0 Å². The van der Waals surface area contributed by atoms with E-state index in [-0.39, 0.29) is 17.6 Å². The molecule has 3 aromatic rings. The molecule has 0 saturated carbocycles. The molecule has 4 heteroatoms. The first-order valence-corrected chi connectivity index (χ1v) is 7.21. The largest absolute Gasteiger partial charge is 0.461 e. The molecule has 3 nitrogen and oxygen atoms in total. The van der Waals surface area contributed by atoms with Crippen LogP contribution in [0.1, 0.15) is 22.8 Å². The number of benzene rings is 2. The van der Waals surface area contributed by atoms with Crippen LogP contribution in [0, 0.1) is 12.7 Å². The Morgan fingerprint density at radius 1 is 1.23 bits per heavy atom. The van der Waals surface area contributed by atoms with Gasteiger partial charge in [0.15, 0.2) is 0 Å². The monoisotopic (exact) mass is 295 g/mol. The predicted octanol–water partition coefficient (Wildman–Crippen LogP) is 4.16. The van der Waals surface area contributed by atoms with E-state index in [1.54, 1.807) is 6.07 Å². The lowest BCUT2D eigenvalue weighted by Crippen LogP contribution is -2.14. The Balaban J connectivity index is 1.75. The Morgan fingerprint density at radius 2 is 2.05 bits per heavy atom. The molecule has 1 aliphatic rings. The van der Waals surface area contributed by atoms with Crippen LogP contribution >= 0.6 is 0 Å². The van der Waals surface area contributed by atoms with E-state index in [1.165, 1.54) is 12.1 Å². The molecule has 4 rings (SSSR count). The highest BCUT2D eigenvalue weighted by Gasteiger charge is 2.31. The molecule has 0 saturated heterocycles. The molecule has 1 aromatic heterocycles. The predicted molar refractivity (Wildman–Crippen MR) is 82.4 cm³/mol. The summed E-state index contributed by atoms with van der Waals surface area (Å²) in [6, 6.07) is 12.2. The number of carbonyl (C=O) groups excluding carboxylic acids is 1. The number of hydrogen-bond acceptors (Lipinski definition) is 2. The van der Waals surface area contributed by atoms with Gasteiger partial charge in [-0.25, -0.2) is 4.39 Å². The van der Waals surface area contributed by atoms with E-state index in [9.17, 15) is 9.18 Å². The first kappa shape index (κ1) is 13.1. The van der Waals surface area contributed by atoms with Gasteiger partial charge < -0.3 is 9.73 Å². The molecule has 0 bridgehead atoms. The van der Waals surface area contributed by atoms with Gasteiger partial charge in [0, 0.05) is 17.5 Å². The van der Waals surface area contributed by atoms with Crippen molar-refractivity contribution in [2.75, 3.05) is 5.32 Å². The van der Waals surface area contributed by atoms with Crippen LogP contribution in [-0.4, -0.2) is 5.91 Å². The van der Waals surface area contributed by atoms with Gasteiger partial charge in [-0.1, -0.05) is 18.2 Å². The standard InChI is InChI=1S/C18H14FNO2/c1-10-13-8-11(19)6-7-16(13)22-17(10)9-14-12-4-2-3-5-15(12)20-18(14)21/h2-8,14H,9H2,1H3,(H,20,21)/t14-/m1/s1. The summed E-state index contributed by atoms with van der Waals surface area (Å²) >= 11 is 0. The number of halogens is 1. The second kappa shape index (κ2) is 4.70. The van der Waals surface area contributed by atoms with Crippen molar-refractivity contribution >= 4 is 22.6 Å². The van der Waals surface area contributed by atoms with E-state index < -0.39 is 0 Å². The van der Waals surface area contributed by atoms with E-state index in [2.05, 4.69) is 5.32 Å². The van der Waals surface area contributed by atoms with E-state index in [1.807, 2.05) is 31.2 Å². The summed E-state index contributed by atoms with van der Waals surface area (Å²) in [7, 11) is 0. The van der Waals surface area contributed by atoms with Crippen LogP contribution < -0.4 is 5.32 Å². The molecule has 22 heavy (non-hydrogen) atoms. The summed E-state index contributed by atoms with van der Waals surface area (Å²) in [5.74, 6) is 0.164. The summed E-state index contributed by atoms with van der Waals surface area (Å²) in [6.45, 7) is 1.90. The molecular formula is C18H14FNO2. The molecule has 0 unspecified atom stereocenters. The number of carbonyl (C=O) groups is 1. The van der Waals surface area contributed by atoms with Crippen LogP contribution in [0.15, 0.2) is 46.9 Å². The van der Waals surface area contributed by atoms with Gasteiger partial charge in [0.1, 0.15) is 17.2 Å². The number of fused-ring (bicyclic) bond motifs is 2. The van der Waals surface area contributed by atoms with Crippen molar-refractivity contribution < 1.29 is 13.6 Å². The molecule has 0 fully saturated rings. The number of furan rings is 1. The third kappa shape index (κ3) is 1.91. The second-order valence-corrected chi connectivity index (χ2v) is 5.62. The molecule has 2 aromatic carbocycles. The summed E-state index contributed by atoms with van der Waals surface area (Å²) in [6.07, 6.45) is 0.477. The highest BCUT2D eigenvalue weighted by Crippen LogP contribution is 2.36. The van der Waals surface area contributed by atoms with Gasteiger partial charge in [-0.3, -0.25) is 4.79 Å². The second-order valence-electron chi connectivity index (χ2n) is 5.62. The van der Waals surface area contributed by atoms with E-state index in [4.69, 9.17) is 4.42 Å². The molecule has 2 heterocycles. The van der Waals surface area contributed by atoms with Gasteiger partial charge in [0.25, 0.3) is 0 Å². The Kier molecular flexibility index (Phi) is 2.79. The summed E-state index contributed by atoms with van der Waals surface area (Å²) in [4.78, 5) is 12.2. The Morgan fingerprint density at radius 3 is 2.91 bits per heavy atom. The van der Waals surface area contributed by atoms with Crippen molar-refractivity contribution in [3.63, 3.8) is 0 Å². The van der Waals surface area contributed by atoms with Gasteiger partial charge in [0.2, 0.25) is 5.91 Å². The van der Waals surface area contributed by atoms with Crippen molar-refractivity contribution in [2.45, 2.75) is 19.3 Å². The fourth-order valence-electron chi connectivity index (χ4n) is 3.10. The zero-order chi connectivity index (χ0) is 15.3. The average Bonchev–Trinajstić information content (AvgIpc) is 2.99. The average molecular weight is 295 g/mol.